The molecular formula is C15H21N3. The Labute approximate surface area is 109 Å². The Hall–Kier alpha value is -1.90. The van der Waals surface area contributed by atoms with Crippen LogP contribution in [0.2, 0.25) is 0 Å². The zero-order chi connectivity index (χ0) is 13.4. The van der Waals surface area contributed by atoms with Gasteiger partial charge in [-0.2, -0.15) is 0 Å². The molecule has 0 spiro atoms. The van der Waals surface area contributed by atoms with Crippen molar-refractivity contribution in [2.24, 2.45) is 4.99 Å². The Morgan fingerprint density at radius 1 is 1.17 bits per heavy atom. The summed E-state index contributed by atoms with van der Waals surface area (Å²) in [5.74, 6) is 0.910. The highest BCUT2D eigenvalue weighted by atomic mass is 14.9. The van der Waals surface area contributed by atoms with Gasteiger partial charge in [0.05, 0.1) is 11.0 Å². The van der Waals surface area contributed by atoms with E-state index in [4.69, 9.17) is 0 Å². The van der Waals surface area contributed by atoms with Crippen molar-refractivity contribution in [3.8, 4) is 0 Å². The van der Waals surface area contributed by atoms with Crippen molar-refractivity contribution in [3.05, 3.63) is 30.0 Å². The van der Waals surface area contributed by atoms with E-state index < -0.39 is 0 Å². The van der Waals surface area contributed by atoms with Crippen LogP contribution in [0.25, 0.3) is 17.1 Å². The summed E-state index contributed by atoms with van der Waals surface area (Å²) < 4.78 is 0. The first-order chi connectivity index (χ1) is 8.95. The molecule has 1 aliphatic heterocycles. The molecule has 0 saturated heterocycles. The highest BCUT2D eigenvalue weighted by molar-refractivity contribution is 5.93. The molecule has 18 heavy (non-hydrogen) atoms. The lowest BCUT2D eigenvalue weighted by Crippen LogP contribution is -1.73. The molecule has 0 unspecified atom stereocenters. The number of nitrogens with zero attached hydrogens (tertiary/aromatic N) is 2. The fraction of sp³-hybridized carbons (Fsp3) is 0.333. The lowest BCUT2D eigenvalue weighted by atomic mass is 10.2. The molecule has 0 saturated carbocycles. The van der Waals surface area contributed by atoms with Crippen molar-refractivity contribution >= 4 is 29.1 Å². The normalized spacial score (nSPS) is 11.8. The predicted molar refractivity (Wildman–Crippen MR) is 80.6 cm³/mol. The largest absolute Gasteiger partial charge is 0.338 e. The average Bonchev–Trinajstić information content (AvgIpc) is 2.65. The Bertz CT molecular complexity index is 536. The van der Waals surface area contributed by atoms with Crippen molar-refractivity contribution < 1.29 is 0 Å². The second kappa shape index (κ2) is 7.43. The summed E-state index contributed by atoms with van der Waals surface area (Å²) >= 11 is 0. The average molecular weight is 243 g/mol. The summed E-state index contributed by atoms with van der Waals surface area (Å²) in [4.78, 5) is 11.9. The van der Waals surface area contributed by atoms with Crippen LogP contribution in [0.4, 0.5) is 5.82 Å². The van der Waals surface area contributed by atoms with Crippen LogP contribution in [-0.4, -0.2) is 16.2 Å². The second-order valence-electron chi connectivity index (χ2n) is 3.24. The maximum absolute atomic E-state index is 4.34. The standard InChI is InChI=1S/C11H9N3.2C2H6/c1-2-6-13-11-8(4-1)10-9(14-11)5-3-7-12-10;2*1-2/h1,3-7,14H,2H2;2*1-2H3. The maximum Gasteiger partial charge on any atom is 0.139 e. The third kappa shape index (κ3) is 2.86. The fourth-order valence-electron chi connectivity index (χ4n) is 1.68. The van der Waals surface area contributed by atoms with Gasteiger partial charge < -0.3 is 4.98 Å². The molecule has 0 fully saturated rings. The van der Waals surface area contributed by atoms with E-state index in [9.17, 15) is 0 Å². The van der Waals surface area contributed by atoms with E-state index in [-0.39, 0.29) is 0 Å². The second-order valence-corrected chi connectivity index (χ2v) is 3.24. The summed E-state index contributed by atoms with van der Waals surface area (Å²) in [6.45, 7) is 8.00. The van der Waals surface area contributed by atoms with Gasteiger partial charge in [-0.25, -0.2) is 4.99 Å². The van der Waals surface area contributed by atoms with Crippen molar-refractivity contribution in [1.29, 1.82) is 0 Å². The Kier molecular flexibility index (Phi) is 5.85. The smallest absolute Gasteiger partial charge is 0.139 e. The predicted octanol–water partition coefficient (Wildman–Crippen LogP) is 4.73. The molecule has 3 nitrogen and oxygen atoms in total. The number of aliphatic imine (C=N–C) groups is 1. The van der Waals surface area contributed by atoms with E-state index in [1.807, 2.05) is 46.0 Å². The molecule has 0 radical (unpaired) electrons. The van der Waals surface area contributed by atoms with Gasteiger partial charge in [0.2, 0.25) is 0 Å². The molecular weight excluding hydrogens is 222 g/mol. The van der Waals surface area contributed by atoms with Crippen LogP contribution in [0, 0.1) is 0 Å². The molecule has 3 heteroatoms. The number of rotatable bonds is 0. The number of aromatic amines is 1. The molecule has 0 amide bonds. The SMILES string of the molecule is C1=Cc2c([nH]c3cccnc23)N=CC1.CC.CC. The highest BCUT2D eigenvalue weighted by Crippen LogP contribution is 2.28. The molecule has 3 heterocycles. The van der Waals surface area contributed by atoms with Crippen LogP contribution >= 0.6 is 0 Å². The Morgan fingerprint density at radius 2 is 1.94 bits per heavy atom. The van der Waals surface area contributed by atoms with E-state index in [0.29, 0.717) is 0 Å². The molecule has 0 aliphatic carbocycles. The summed E-state index contributed by atoms with van der Waals surface area (Å²) in [5.41, 5.74) is 3.13. The lowest BCUT2D eigenvalue weighted by molar-refractivity contribution is 1.36. The minimum absolute atomic E-state index is 0.886. The third-order valence-corrected chi connectivity index (χ3v) is 2.32. The highest BCUT2D eigenvalue weighted by Gasteiger charge is 2.09. The van der Waals surface area contributed by atoms with Crippen molar-refractivity contribution in [3.63, 3.8) is 0 Å². The molecule has 2 aromatic heterocycles. The van der Waals surface area contributed by atoms with E-state index in [2.05, 4.69) is 27.1 Å². The first kappa shape index (κ1) is 14.2. The van der Waals surface area contributed by atoms with Crippen LogP contribution in [0.1, 0.15) is 39.7 Å². The van der Waals surface area contributed by atoms with E-state index in [1.54, 1.807) is 6.20 Å². The van der Waals surface area contributed by atoms with Crippen molar-refractivity contribution in [1.82, 2.24) is 9.97 Å². The van der Waals surface area contributed by atoms with E-state index >= 15 is 0 Å². The number of aromatic nitrogens is 2. The maximum atomic E-state index is 4.34. The topological polar surface area (TPSA) is 41.0 Å². The lowest BCUT2D eigenvalue weighted by Gasteiger charge is -1.89. The van der Waals surface area contributed by atoms with Gasteiger partial charge in [0.15, 0.2) is 0 Å². The summed E-state index contributed by atoms with van der Waals surface area (Å²) in [6.07, 6.45) is 8.76. The molecule has 1 aliphatic rings. The quantitative estimate of drug-likeness (QED) is 0.713. The van der Waals surface area contributed by atoms with Crippen molar-refractivity contribution in [2.75, 3.05) is 0 Å². The van der Waals surface area contributed by atoms with Gasteiger partial charge in [0, 0.05) is 24.4 Å². The molecule has 0 bridgehead atoms. The number of nitrogens with one attached hydrogen (secondary N) is 1. The molecule has 96 valence electrons. The summed E-state index contributed by atoms with van der Waals surface area (Å²) in [5, 5.41) is 0. The number of fused-ring (bicyclic) bond motifs is 3. The minimum Gasteiger partial charge on any atom is -0.338 e. The molecule has 2 aromatic rings. The molecule has 0 atom stereocenters. The van der Waals surface area contributed by atoms with Gasteiger partial charge in [-0.1, -0.05) is 39.8 Å². The zero-order valence-corrected chi connectivity index (χ0v) is 11.6. The molecule has 1 N–H and O–H groups in total. The number of H-pyrrole nitrogens is 1. The Balaban J connectivity index is 0.000000371. The van der Waals surface area contributed by atoms with Gasteiger partial charge in [0.25, 0.3) is 0 Å². The number of pyridine rings is 1. The van der Waals surface area contributed by atoms with E-state index in [1.165, 1.54) is 0 Å². The molecule has 0 aromatic carbocycles. The monoisotopic (exact) mass is 243 g/mol. The fourth-order valence-corrected chi connectivity index (χ4v) is 1.68. The summed E-state index contributed by atoms with van der Waals surface area (Å²) in [6, 6.07) is 3.94. The number of allylic oxidation sites excluding steroid dienone is 1. The van der Waals surface area contributed by atoms with Crippen LogP contribution < -0.4 is 0 Å². The van der Waals surface area contributed by atoms with Gasteiger partial charge in [-0.3, -0.25) is 4.98 Å². The van der Waals surface area contributed by atoms with Crippen LogP contribution in [0.15, 0.2) is 29.4 Å². The number of hydrogen-bond acceptors (Lipinski definition) is 2. The third-order valence-electron chi connectivity index (χ3n) is 2.32. The Morgan fingerprint density at radius 3 is 2.72 bits per heavy atom. The van der Waals surface area contributed by atoms with E-state index in [0.717, 1.165) is 28.8 Å². The first-order valence-electron chi connectivity index (χ1n) is 6.61. The van der Waals surface area contributed by atoms with Gasteiger partial charge in [0.1, 0.15) is 5.82 Å². The van der Waals surface area contributed by atoms with Crippen LogP contribution in [0.3, 0.4) is 0 Å². The summed E-state index contributed by atoms with van der Waals surface area (Å²) in [7, 11) is 0. The van der Waals surface area contributed by atoms with Gasteiger partial charge >= 0.3 is 0 Å². The van der Waals surface area contributed by atoms with Gasteiger partial charge in [-0.15, -0.1) is 0 Å². The zero-order valence-electron chi connectivity index (χ0n) is 11.6. The number of hydrogen-bond donors (Lipinski definition) is 1. The van der Waals surface area contributed by atoms with Crippen molar-refractivity contribution in [2.45, 2.75) is 34.1 Å². The minimum atomic E-state index is 0.886. The van der Waals surface area contributed by atoms with Crippen LogP contribution in [0.5, 0.6) is 0 Å². The van der Waals surface area contributed by atoms with Crippen LogP contribution in [-0.2, 0) is 0 Å². The van der Waals surface area contributed by atoms with Gasteiger partial charge in [-0.05, 0) is 12.1 Å². The first-order valence-corrected chi connectivity index (χ1v) is 6.61. The molecule has 3 rings (SSSR count).